The number of rotatable bonds is 3. The van der Waals surface area contributed by atoms with Gasteiger partial charge in [0, 0.05) is 10.8 Å². The first kappa shape index (κ1) is 14.9. The molecule has 1 aliphatic carbocycles. The standard InChI is InChI=1S/C13H22N2S.ClH/c1-4-12(2,3)10-9-16-11(15-10)13(14)7-5-6-8-13;/h9H,4-8,14H2,1-3H3;1H. The van der Waals surface area contributed by atoms with Gasteiger partial charge in [0.05, 0.1) is 11.2 Å². The van der Waals surface area contributed by atoms with Crippen molar-refractivity contribution in [3.63, 3.8) is 0 Å². The molecule has 4 heteroatoms. The van der Waals surface area contributed by atoms with E-state index in [4.69, 9.17) is 10.7 Å². The molecule has 17 heavy (non-hydrogen) atoms. The Hall–Kier alpha value is -0.120. The Bertz CT molecular complexity index is 367. The second-order valence-electron chi connectivity index (χ2n) is 5.64. The molecule has 0 aromatic carbocycles. The van der Waals surface area contributed by atoms with Crippen LogP contribution in [-0.4, -0.2) is 4.98 Å². The molecule has 1 fully saturated rings. The van der Waals surface area contributed by atoms with E-state index in [1.54, 1.807) is 11.3 Å². The largest absolute Gasteiger partial charge is 0.319 e. The molecular weight excluding hydrogens is 252 g/mol. The normalized spacial score (nSPS) is 19.1. The smallest absolute Gasteiger partial charge is 0.113 e. The summed E-state index contributed by atoms with van der Waals surface area (Å²) in [6.45, 7) is 6.72. The third kappa shape index (κ3) is 2.83. The van der Waals surface area contributed by atoms with Gasteiger partial charge in [-0.3, -0.25) is 0 Å². The summed E-state index contributed by atoms with van der Waals surface area (Å²) in [4.78, 5) is 4.80. The number of hydrogen-bond acceptors (Lipinski definition) is 3. The summed E-state index contributed by atoms with van der Waals surface area (Å²) < 4.78 is 0. The molecule has 0 saturated heterocycles. The molecule has 0 radical (unpaired) electrons. The van der Waals surface area contributed by atoms with E-state index in [1.807, 2.05) is 0 Å². The molecule has 0 spiro atoms. The molecular formula is C13H23ClN2S. The number of thiazole rings is 1. The molecule has 1 aromatic rings. The predicted octanol–water partition coefficient (Wildman–Crippen LogP) is 3.98. The predicted molar refractivity (Wildman–Crippen MR) is 77.0 cm³/mol. The van der Waals surface area contributed by atoms with Crippen LogP contribution in [0.5, 0.6) is 0 Å². The molecule has 2 rings (SSSR count). The lowest BCUT2D eigenvalue weighted by atomic mass is 9.87. The van der Waals surface area contributed by atoms with Gasteiger partial charge in [0.25, 0.3) is 0 Å². The summed E-state index contributed by atoms with van der Waals surface area (Å²) >= 11 is 1.75. The van der Waals surface area contributed by atoms with E-state index < -0.39 is 0 Å². The van der Waals surface area contributed by atoms with Gasteiger partial charge < -0.3 is 5.73 Å². The minimum atomic E-state index is -0.118. The average Bonchev–Trinajstić information content (AvgIpc) is 2.86. The number of halogens is 1. The summed E-state index contributed by atoms with van der Waals surface area (Å²) in [5.41, 5.74) is 7.71. The first-order chi connectivity index (χ1) is 7.48. The first-order valence-electron chi connectivity index (χ1n) is 6.23. The first-order valence-corrected chi connectivity index (χ1v) is 7.11. The van der Waals surface area contributed by atoms with Crippen molar-refractivity contribution in [2.45, 2.75) is 63.8 Å². The van der Waals surface area contributed by atoms with Crippen molar-refractivity contribution in [1.82, 2.24) is 4.98 Å². The zero-order valence-electron chi connectivity index (χ0n) is 11.0. The lowest BCUT2D eigenvalue weighted by Gasteiger charge is -2.22. The van der Waals surface area contributed by atoms with Gasteiger partial charge >= 0.3 is 0 Å². The van der Waals surface area contributed by atoms with Crippen LogP contribution in [0.4, 0.5) is 0 Å². The van der Waals surface area contributed by atoms with Crippen LogP contribution >= 0.6 is 23.7 Å². The minimum Gasteiger partial charge on any atom is -0.319 e. The van der Waals surface area contributed by atoms with Crippen molar-refractivity contribution >= 4 is 23.7 Å². The zero-order chi connectivity index (χ0) is 11.8. The Balaban J connectivity index is 0.00000144. The molecule has 0 amide bonds. The van der Waals surface area contributed by atoms with Crippen LogP contribution in [0.2, 0.25) is 0 Å². The third-order valence-electron chi connectivity index (χ3n) is 4.00. The van der Waals surface area contributed by atoms with Gasteiger partial charge in [-0.15, -0.1) is 23.7 Å². The Kier molecular flexibility index (Phi) is 4.61. The zero-order valence-corrected chi connectivity index (χ0v) is 12.6. The molecule has 0 bridgehead atoms. The van der Waals surface area contributed by atoms with E-state index in [0.29, 0.717) is 0 Å². The molecule has 1 saturated carbocycles. The summed E-state index contributed by atoms with van der Waals surface area (Å²) in [5, 5.41) is 3.35. The number of hydrogen-bond donors (Lipinski definition) is 1. The lowest BCUT2D eigenvalue weighted by Crippen LogP contribution is -2.33. The van der Waals surface area contributed by atoms with E-state index in [2.05, 4.69) is 26.2 Å². The van der Waals surface area contributed by atoms with E-state index >= 15 is 0 Å². The van der Waals surface area contributed by atoms with E-state index in [1.165, 1.54) is 18.5 Å². The highest BCUT2D eigenvalue weighted by molar-refractivity contribution is 7.09. The van der Waals surface area contributed by atoms with Crippen molar-refractivity contribution in [3.05, 3.63) is 16.1 Å². The van der Waals surface area contributed by atoms with Crippen LogP contribution in [0.1, 0.15) is 63.6 Å². The van der Waals surface area contributed by atoms with Crippen molar-refractivity contribution in [3.8, 4) is 0 Å². The fourth-order valence-corrected chi connectivity index (χ4v) is 3.40. The molecule has 2 N–H and O–H groups in total. The van der Waals surface area contributed by atoms with Gasteiger partial charge in [-0.25, -0.2) is 4.98 Å². The number of aromatic nitrogens is 1. The van der Waals surface area contributed by atoms with Crippen LogP contribution < -0.4 is 5.73 Å². The van der Waals surface area contributed by atoms with Gasteiger partial charge in [0.1, 0.15) is 5.01 Å². The highest BCUT2D eigenvalue weighted by atomic mass is 35.5. The maximum Gasteiger partial charge on any atom is 0.113 e. The second-order valence-corrected chi connectivity index (χ2v) is 6.50. The number of nitrogens with zero attached hydrogens (tertiary/aromatic N) is 1. The van der Waals surface area contributed by atoms with Crippen LogP contribution in [0.15, 0.2) is 5.38 Å². The molecule has 0 aliphatic heterocycles. The van der Waals surface area contributed by atoms with Crippen molar-refractivity contribution in [2.75, 3.05) is 0 Å². The SMILES string of the molecule is CCC(C)(C)c1csc(C2(N)CCCC2)n1.Cl. The monoisotopic (exact) mass is 274 g/mol. The average molecular weight is 275 g/mol. The Labute approximate surface area is 114 Å². The maximum atomic E-state index is 6.43. The maximum absolute atomic E-state index is 6.43. The van der Waals surface area contributed by atoms with E-state index in [9.17, 15) is 0 Å². The summed E-state index contributed by atoms with van der Waals surface area (Å²) in [5.74, 6) is 0. The number of nitrogens with two attached hydrogens (primary N) is 1. The molecule has 98 valence electrons. The highest BCUT2D eigenvalue weighted by Crippen LogP contribution is 2.39. The molecule has 0 unspecified atom stereocenters. The van der Waals surface area contributed by atoms with Crippen molar-refractivity contribution in [2.24, 2.45) is 5.73 Å². The van der Waals surface area contributed by atoms with Crippen LogP contribution in [0.3, 0.4) is 0 Å². The molecule has 1 aliphatic rings. The third-order valence-corrected chi connectivity index (χ3v) is 5.07. The van der Waals surface area contributed by atoms with Crippen LogP contribution in [0, 0.1) is 0 Å². The molecule has 2 nitrogen and oxygen atoms in total. The lowest BCUT2D eigenvalue weighted by molar-refractivity contribution is 0.446. The van der Waals surface area contributed by atoms with E-state index in [-0.39, 0.29) is 23.4 Å². The topological polar surface area (TPSA) is 38.9 Å². The Morgan fingerprint density at radius 3 is 2.53 bits per heavy atom. The van der Waals surface area contributed by atoms with Gasteiger partial charge in [-0.2, -0.15) is 0 Å². The quantitative estimate of drug-likeness (QED) is 0.905. The minimum absolute atomic E-state index is 0. The Morgan fingerprint density at radius 1 is 1.41 bits per heavy atom. The Morgan fingerprint density at radius 2 is 2.00 bits per heavy atom. The molecule has 1 aromatic heterocycles. The van der Waals surface area contributed by atoms with Crippen LogP contribution in [-0.2, 0) is 11.0 Å². The summed E-state index contributed by atoms with van der Waals surface area (Å²) in [6, 6.07) is 0. The fraction of sp³-hybridized carbons (Fsp3) is 0.769. The summed E-state index contributed by atoms with van der Waals surface area (Å²) in [6.07, 6.45) is 5.83. The van der Waals surface area contributed by atoms with Crippen LogP contribution in [0.25, 0.3) is 0 Å². The summed E-state index contributed by atoms with van der Waals surface area (Å²) in [7, 11) is 0. The molecule has 0 atom stereocenters. The second kappa shape index (κ2) is 5.25. The molecule has 1 heterocycles. The van der Waals surface area contributed by atoms with Gasteiger partial charge in [0.15, 0.2) is 0 Å². The van der Waals surface area contributed by atoms with E-state index in [0.717, 1.165) is 24.3 Å². The van der Waals surface area contributed by atoms with Gasteiger partial charge in [-0.1, -0.05) is 33.6 Å². The van der Waals surface area contributed by atoms with Crippen molar-refractivity contribution < 1.29 is 0 Å². The fourth-order valence-electron chi connectivity index (χ4n) is 2.21. The highest BCUT2D eigenvalue weighted by Gasteiger charge is 2.35. The van der Waals surface area contributed by atoms with Gasteiger partial charge in [-0.05, 0) is 19.3 Å². The van der Waals surface area contributed by atoms with Gasteiger partial charge in [0.2, 0.25) is 0 Å². The van der Waals surface area contributed by atoms with Crippen molar-refractivity contribution in [1.29, 1.82) is 0 Å².